The lowest BCUT2D eigenvalue weighted by Crippen LogP contribution is -2.40. The quantitative estimate of drug-likeness (QED) is 0.513. The molecule has 0 aliphatic carbocycles. The van der Waals surface area contributed by atoms with E-state index in [0.717, 1.165) is 37.1 Å². The summed E-state index contributed by atoms with van der Waals surface area (Å²) in [5.41, 5.74) is 9.48. The highest BCUT2D eigenvalue weighted by Gasteiger charge is 2.43. The molecular weight excluding hydrogens is 482 g/mol. The van der Waals surface area contributed by atoms with Crippen LogP contribution in [0.1, 0.15) is 24.3 Å². The average molecular weight is 510 g/mol. The number of rotatable bonds is 5. The van der Waals surface area contributed by atoms with Crippen LogP contribution < -0.4 is 15.5 Å². The number of nitrogens with zero attached hydrogens (tertiary/aromatic N) is 4. The summed E-state index contributed by atoms with van der Waals surface area (Å²) in [4.78, 5) is 35.1. The zero-order chi connectivity index (χ0) is 26.8. The van der Waals surface area contributed by atoms with Gasteiger partial charge >= 0.3 is 11.9 Å². The lowest BCUT2D eigenvalue weighted by molar-refractivity contribution is -0.139. The number of fused-ring (bicyclic) bond motifs is 1. The van der Waals surface area contributed by atoms with Gasteiger partial charge in [-0.05, 0) is 42.7 Å². The van der Waals surface area contributed by atoms with Crippen molar-refractivity contribution in [1.29, 1.82) is 5.26 Å². The second kappa shape index (κ2) is 10.3. The van der Waals surface area contributed by atoms with E-state index in [1.165, 1.54) is 19.1 Å². The Morgan fingerprint density at radius 2 is 1.66 bits per heavy atom. The van der Waals surface area contributed by atoms with Crippen molar-refractivity contribution in [1.82, 2.24) is 4.98 Å². The minimum Gasteiger partial charge on any atom is -0.466 e. The number of ether oxygens (including phenoxy) is 2. The molecule has 1 aromatic heterocycles. The first-order valence-corrected chi connectivity index (χ1v) is 12.3. The Hall–Kier alpha value is -4.84. The number of nitriles is 1. The molecule has 3 heterocycles. The number of nitrogens with two attached hydrogens (primary N) is 1. The molecule has 0 saturated carbocycles. The van der Waals surface area contributed by atoms with Crippen LogP contribution >= 0.6 is 0 Å². The van der Waals surface area contributed by atoms with Crippen LogP contribution in [-0.4, -0.2) is 44.2 Å². The second-order valence-electron chi connectivity index (χ2n) is 9.03. The number of anilines is 2. The van der Waals surface area contributed by atoms with E-state index in [0.29, 0.717) is 16.6 Å². The monoisotopic (exact) mass is 509 g/mol. The zero-order valence-electron chi connectivity index (χ0n) is 21.2. The van der Waals surface area contributed by atoms with E-state index in [4.69, 9.17) is 15.2 Å². The second-order valence-corrected chi connectivity index (χ2v) is 9.03. The van der Waals surface area contributed by atoms with Crippen LogP contribution in [0.5, 0.6) is 0 Å². The van der Waals surface area contributed by atoms with Gasteiger partial charge < -0.3 is 20.1 Å². The molecule has 0 bridgehead atoms. The molecule has 0 spiro atoms. The lowest BCUT2D eigenvalue weighted by atomic mass is 9.81. The molecule has 3 aromatic rings. The van der Waals surface area contributed by atoms with Crippen molar-refractivity contribution >= 4 is 34.2 Å². The van der Waals surface area contributed by atoms with Crippen molar-refractivity contribution in [2.24, 2.45) is 5.73 Å². The number of methoxy groups -OCH3 is 2. The number of benzene rings is 2. The van der Waals surface area contributed by atoms with Crippen molar-refractivity contribution in [2.75, 3.05) is 37.1 Å². The first kappa shape index (κ1) is 24.8. The Morgan fingerprint density at radius 1 is 0.974 bits per heavy atom. The average Bonchev–Trinajstić information content (AvgIpc) is 3.50. The van der Waals surface area contributed by atoms with Crippen LogP contribution in [0, 0.1) is 11.3 Å². The molecule has 192 valence electrons. The van der Waals surface area contributed by atoms with Crippen LogP contribution in [-0.2, 0) is 19.1 Å². The molecule has 2 aromatic carbocycles. The van der Waals surface area contributed by atoms with Crippen molar-refractivity contribution in [3.05, 3.63) is 89.0 Å². The molecule has 38 heavy (non-hydrogen) atoms. The van der Waals surface area contributed by atoms with Gasteiger partial charge in [0.1, 0.15) is 11.5 Å². The first-order chi connectivity index (χ1) is 18.5. The topological polar surface area (TPSA) is 122 Å². The third kappa shape index (κ3) is 4.00. The predicted octanol–water partition coefficient (Wildman–Crippen LogP) is 3.73. The van der Waals surface area contributed by atoms with Crippen LogP contribution in [0.25, 0.3) is 10.9 Å². The van der Waals surface area contributed by atoms with E-state index in [2.05, 4.69) is 16.0 Å². The molecule has 1 saturated heterocycles. The number of hydrogen-bond donors (Lipinski definition) is 1. The fraction of sp³-hybridized carbons (Fsp3) is 0.241. The summed E-state index contributed by atoms with van der Waals surface area (Å²) in [5, 5.41) is 11.0. The molecule has 2 N–H and O–H groups in total. The normalized spacial score (nSPS) is 17.6. The summed E-state index contributed by atoms with van der Waals surface area (Å²) >= 11 is 0. The predicted molar refractivity (Wildman–Crippen MR) is 143 cm³/mol. The molecule has 0 amide bonds. The number of carbonyl (C=O) groups excluding carboxylic acids is 2. The van der Waals surface area contributed by atoms with Gasteiger partial charge in [0.2, 0.25) is 0 Å². The number of esters is 2. The summed E-state index contributed by atoms with van der Waals surface area (Å²) in [6, 6.07) is 18.6. The maximum atomic E-state index is 13.4. The van der Waals surface area contributed by atoms with Crippen LogP contribution in [0.15, 0.2) is 83.5 Å². The van der Waals surface area contributed by atoms with Gasteiger partial charge in [-0.3, -0.25) is 9.88 Å². The lowest BCUT2D eigenvalue weighted by Gasteiger charge is -2.36. The van der Waals surface area contributed by atoms with E-state index in [9.17, 15) is 14.9 Å². The molecule has 1 atom stereocenters. The van der Waals surface area contributed by atoms with E-state index in [1.54, 1.807) is 36.5 Å². The third-order valence-corrected chi connectivity index (χ3v) is 7.02. The largest absolute Gasteiger partial charge is 0.466 e. The van der Waals surface area contributed by atoms with Gasteiger partial charge in [0, 0.05) is 24.7 Å². The molecular formula is C29H27N5O4. The summed E-state index contributed by atoms with van der Waals surface area (Å²) < 4.78 is 10.3. The van der Waals surface area contributed by atoms with Crippen molar-refractivity contribution < 1.29 is 19.1 Å². The molecule has 9 heteroatoms. The van der Waals surface area contributed by atoms with Crippen LogP contribution in [0.2, 0.25) is 0 Å². The highest BCUT2D eigenvalue weighted by molar-refractivity contribution is 6.09. The van der Waals surface area contributed by atoms with E-state index in [1.807, 2.05) is 24.3 Å². The molecule has 0 radical (unpaired) electrons. The summed E-state index contributed by atoms with van der Waals surface area (Å²) in [5.74, 6) is -2.45. The highest BCUT2D eigenvalue weighted by atomic mass is 16.5. The molecule has 2 aliphatic rings. The molecule has 1 unspecified atom stereocenters. The Labute approximate surface area is 220 Å². The van der Waals surface area contributed by atoms with Crippen LogP contribution in [0.4, 0.5) is 11.4 Å². The molecule has 9 nitrogen and oxygen atoms in total. The standard InChI is InChI=1S/C29H27N5O4/c1-37-28(35)24-23(18-9-4-3-5-10-18)20(17-30)27(31)34(26(24)29(36)38-2)21-12-13-22(33-15-6-7-16-33)25-19(21)11-8-14-32-25/h3-5,8-14,23H,6-7,15-16,31H2,1-2H3. The Morgan fingerprint density at radius 3 is 2.32 bits per heavy atom. The summed E-state index contributed by atoms with van der Waals surface area (Å²) in [6.45, 7) is 1.85. The van der Waals surface area contributed by atoms with Gasteiger partial charge in [0.25, 0.3) is 0 Å². The summed E-state index contributed by atoms with van der Waals surface area (Å²) in [7, 11) is 2.46. The van der Waals surface area contributed by atoms with Crippen LogP contribution in [0.3, 0.4) is 0 Å². The van der Waals surface area contributed by atoms with Gasteiger partial charge in [-0.2, -0.15) is 5.26 Å². The maximum Gasteiger partial charge on any atom is 0.355 e. The molecule has 1 fully saturated rings. The van der Waals surface area contributed by atoms with Crippen molar-refractivity contribution in [2.45, 2.75) is 18.8 Å². The third-order valence-electron chi connectivity index (χ3n) is 7.02. The first-order valence-electron chi connectivity index (χ1n) is 12.3. The van der Waals surface area contributed by atoms with Gasteiger partial charge in [-0.25, -0.2) is 9.59 Å². The number of hydrogen-bond acceptors (Lipinski definition) is 9. The zero-order valence-corrected chi connectivity index (χ0v) is 21.2. The minimum absolute atomic E-state index is 0.0217. The van der Waals surface area contributed by atoms with Gasteiger partial charge in [0.15, 0.2) is 0 Å². The van der Waals surface area contributed by atoms with E-state index < -0.39 is 17.9 Å². The smallest absolute Gasteiger partial charge is 0.355 e. The minimum atomic E-state index is -0.924. The Kier molecular flexibility index (Phi) is 6.71. The van der Waals surface area contributed by atoms with Crippen molar-refractivity contribution in [3.8, 4) is 6.07 Å². The number of carbonyl (C=O) groups is 2. The van der Waals surface area contributed by atoms with Crippen molar-refractivity contribution in [3.63, 3.8) is 0 Å². The highest BCUT2D eigenvalue weighted by Crippen LogP contribution is 2.45. The van der Waals surface area contributed by atoms with Gasteiger partial charge in [-0.1, -0.05) is 30.3 Å². The number of allylic oxidation sites excluding steroid dienone is 1. The fourth-order valence-electron chi connectivity index (χ4n) is 5.31. The fourth-order valence-corrected chi connectivity index (χ4v) is 5.31. The summed E-state index contributed by atoms with van der Waals surface area (Å²) in [6.07, 6.45) is 3.91. The van der Waals surface area contributed by atoms with E-state index >= 15 is 0 Å². The number of aromatic nitrogens is 1. The van der Waals surface area contributed by atoms with Gasteiger partial charge in [0.05, 0.1) is 54.2 Å². The molecule has 5 rings (SSSR count). The SMILES string of the molecule is COC(=O)C1=C(C(=O)OC)N(c2ccc(N3CCCC3)c3ncccc23)C(N)=C(C#N)C1c1ccccc1. The Balaban J connectivity index is 1.83. The number of pyridine rings is 1. The Bertz CT molecular complexity index is 1520. The molecule has 2 aliphatic heterocycles. The van der Waals surface area contributed by atoms with Gasteiger partial charge in [-0.15, -0.1) is 0 Å². The van der Waals surface area contributed by atoms with E-state index in [-0.39, 0.29) is 22.7 Å². The maximum absolute atomic E-state index is 13.4.